The lowest BCUT2D eigenvalue weighted by molar-refractivity contribution is -0.214. The van der Waals surface area contributed by atoms with Crippen molar-refractivity contribution < 1.29 is 14.3 Å². The van der Waals surface area contributed by atoms with E-state index in [-0.39, 0.29) is 11.7 Å². The maximum atomic E-state index is 13.4. The average Bonchev–Trinajstić information content (AvgIpc) is 2.60. The molecule has 0 aromatic rings. The molecule has 0 saturated heterocycles. The Balaban J connectivity index is 3.67. The molecule has 0 aromatic carbocycles. The number of methoxy groups -OCH3 is 2. The van der Waals surface area contributed by atoms with Crippen molar-refractivity contribution in [1.82, 2.24) is 0 Å². The number of carbonyl (C=O) groups excluding carboxylic acids is 1. The third-order valence-corrected chi connectivity index (χ3v) is 13.3. The van der Waals surface area contributed by atoms with Crippen LogP contribution in [0.3, 0.4) is 0 Å². The molecule has 0 N–H and O–H groups in total. The SMILES string of the molecule is COC1(OC)C(=O)C([Si](C(C)C)(C(C)C)C(C)C)=C(C)C1C. The van der Waals surface area contributed by atoms with E-state index < -0.39 is 13.9 Å². The number of hydrogen-bond donors (Lipinski definition) is 0. The summed E-state index contributed by atoms with van der Waals surface area (Å²) >= 11 is 0. The van der Waals surface area contributed by atoms with Crippen molar-refractivity contribution in [2.75, 3.05) is 14.2 Å². The number of ether oxygens (including phenoxy) is 2. The van der Waals surface area contributed by atoms with Crippen LogP contribution in [0.5, 0.6) is 0 Å². The van der Waals surface area contributed by atoms with Crippen molar-refractivity contribution in [3.8, 4) is 0 Å². The second-order valence-corrected chi connectivity index (χ2v) is 13.4. The van der Waals surface area contributed by atoms with Crippen molar-refractivity contribution in [2.24, 2.45) is 5.92 Å². The van der Waals surface area contributed by atoms with E-state index in [1.807, 2.05) is 6.92 Å². The first-order chi connectivity index (χ1) is 10.0. The van der Waals surface area contributed by atoms with Crippen molar-refractivity contribution in [3.63, 3.8) is 0 Å². The van der Waals surface area contributed by atoms with Gasteiger partial charge in [-0.2, -0.15) is 0 Å². The molecule has 1 aliphatic rings. The van der Waals surface area contributed by atoms with Crippen LogP contribution < -0.4 is 0 Å². The van der Waals surface area contributed by atoms with Gasteiger partial charge in [-0.1, -0.05) is 54.0 Å². The molecule has 0 radical (unpaired) electrons. The Labute approximate surface area is 137 Å². The number of carbonyl (C=O) groups is 1. The molecule has 22 heavy (non-hydrogen) atoms. The van der Waals surface area contributed by atoms with Gasteiger partial charge in [-0.3, -0.25) is 4.79 Å². The summed E-state index contributed by atoms with van der Waals surface area (Å²) in [7, 11) is 1.15. The van der Waals surface area contributed by atoms with E-state index in [4.69, 9.17) is 9.47 Å². The van der Waals surface area contributed by atoms with E-state index in [2.05, 4.69) is 48.5 Å². The molecular weight excluding hydrogens is 292 g/mol. The third kappa shape index (κ3) is 2.35. The van der Waals surface area contributed by atoms with Gasteiger partial charge in [0.1, 0.15) is 0 Å². The van der Waals surface area contributed by atoms with Crippen LogP contribution in [0, 0.1) is 5.92 Å². The van der Waals surface area contributed by atoms with Gasteiger partial charge in [0.15, 0.2) is 0 Å². The van der Waals surface area contributed by atoms with Gasteiger partial charge < -0.3 is 9.47 Å². The molecule has 0 saturated carbocycles. The topological polar surface area (TPSA) is 35.5 Å². The molecule has 1 aliphatic carbocycles. The predicted molar refractivity (Wildman–Crippen MR) is 94.7 cm³/mol. The summed E-state index contributed by atoms with van der Waals surface area (Å²) in [6.07, 6.45) is 0. The minimum atomic E-state index is -2.01. The van der Waals surface area contributed by atoms with E-state index >= 15 is 0 Å². The number of rotatable bonds is 6. The van der Waals surface area contributed by atoms with Crippen molar-refractivity contribution in [1.29, 1.82) is 0 Å². The molecule has 4 heteroatoms. The summed E-state index contributed by atoms with van der Waals surface area (Å²) in [6, 6.07) is 0. The lowest BCUT2D eigenvalue weighted by Gasteiger charge is -2.44. The standard InChI is InChI=1S/C18H34O3Si/c1-11(2)22(12(3)4,13(5)6)16-14(7)15(8)18(20-9,21-10)17(16)19/h11-13,15H,1-10H3. The molecule has 0 fully saturated rings. The summed E-state index contributed by atoms with van der Waals surface area (Å²) in [5.74, 6) is -1.09. The summed E-state index contributed by atoms with van der Waals surface area (Å²) < 4.78 is 11.2. The fourth-order valence-electron chi connectivity index (χ4n) is 5.08. The van der Waals surface area contributed by atoms with E-state index in [0.29, 0.717) is 16.6 Å². The number of ketones is 1. The summed E-state index contributed by atoms with van der Waals surface area (Å²) in [5, 5.41) is 1.07. The van der Waals surface area contributed by atoms with Crippen LogP contribution >= 0.6 is 0 Å². The first-order valence-electron chi connectivity index (χ1n) is 8.41. The molecule has 1 rings (SSSR count). The highest BCUT2D eigenvalue weighted by Gasteiger charge is 2.60. The number of hydrogen-bond acceptors (Lipinski definition) is 3. The maximum Gasteiger partial charge on any atom is 0.238 e. The molecule has 3 nitrogen and oxygen atoms in total. The lowest BCUT2D eigenvalue weighted by Crippen LogP contribution is -2.53. The van der Waals surface area contributed by atoms with Crippen molar-refractivity contribution >= 4 is 13.9 Å². The largest absolute Gasteiger partial charge is 0.346 e. The van der Waals surface area contributed by atoms with E-state index in [9.17, 15) is 4.79 Å². The van der Waals surface area contributed by atoms with Gasteiger partial charge >= 0.3 is 0 Å². The van der Waals surface area contributed by atoms with Crippen molar-refractivity contribution in [2.45, 2.75) is 77.8 Å². The summed E-state index contributed by atoms with van der Waals surface area (Å²) in [4.78, 5) is 13.4. The van der Waals surface area contributed by atoms with Crippen LogP contribution in [0.2, 0.25) is 16.6 Å². The molecule has 0 aliphatic heterocycles. The smallest absolute Gasteiger partial charge is 0.238 e. The molecule has 0 spiro atoms. The zero-order valence-corrected chi connectivity index (χ0v) is 17.0. The minimum absolute atomic E-state index is 0.0341. The molecule has 0 aromatic heterocycles. The second kappa shape index (κ2) is 6.58. The third-order valence-electron chi connectivity index (χ3n) is 6.06. The molecule has 0 heterocycles. The second-order valence-electron chi connectivity index (χ2n) is 7.58. The average molecular weight is 327 g/mol. The van der Waals surface area contributed by atoms with Gasteiger partial charge in [0, 0.05) is 20.1 Å². The Morgan fingerprint density at radius 2 is 1.32 bits per heavy atom. The van der Waals surface area contributed by atoms with Crippen LogP contribution in [0.15, 0.2) is 10.8 Å². The number of Topliss-reactive ketones (excluding diaryl/α,β-unsaturated/α-hetero) is 1. The van der Waals surface area contributed by atoms with Crippen LogP contribution in [-0.4, -0.2) is 33.9 Å². The normalized spacial score (nSPS) is 22.6. The Morgan fingerprint density at radius 3 is 1.55 bits per heavy atom. The predicted octanol–water partition coefficient (Wildman–Crippen LogP) is 4.73. The molecular formula is C18H34O3Si. The molecule has 0 bridgehead atoms. The zero-order valence-electron chi connectivity index (χ0n) is 16.0. The van der Waals surface area contributed by atoms with Crippen molar-refractivity contribution in [3.05, 3.63) is 10.8 Å². The van der Waals surface area contributed by atoms with Gasteiger partial charge in [0.2, 0.25) is 11.6 Å². The fourth-order valence-corrected chi connectivity index (χ4v) is 12.3. The molecule has 128 valence electrons. The molecule has 1 atom stereocenters. The summed E-state index contributed by atoms with van der Waals surface area (Å²) in [5.41, 5.74) is 2.67. The van der Waals surface area contributed by atoms with Gasteiger partial charge in [-0.15, -0.1) is 0 Å². The van der Waals surface area contributed by atoms with E-state index in [1.54, 1.807) is 14.2 Å². The fraction of sp³-hybridized carbons (Fsp3) is 0.833. The summed E-state index contributed by atoms with van der Waals surface area (Å²) in [6.45, 7) is 17.8. The monoisotopic (exact) mass is 326 g/mol. The Morgan fingerprint density at radius 1 is 0.955 bits per heavy atom. The Hall–Kier alpha value is -0.453. The highest BCUT2D eigenvalue weighted by molar-refractivity contribution is 6.94. The zero-order chi connectivity index (χ0) is 17.5. The highest BCUT2D eigenvalue weighted by atomic mass is 28.3. The highest BCUT2D eigenvalue weighted by Crippen LogP contribution is 2.53. The van der Waals surface area contributed by atoms with Crippen LogP contribution in [-0.2, 0) is 14.3 Å². The van der Waals surface area contributed by atoms with Gasteiger partial charge in [-0.25, -0.2) is 0 Å². The maximum absolute atomic E-state index is 13.4. The minimum Gasteiger partial charge on any atom is -0.346 e. The van der Waals surface area contributed by atoms with Crippen LogP contribution in [0.4, 0.5) is 0 Å². The van der Waals surface area contributed by atoms with E-state index in [1.165, 1.54) is 5.57 Å². The van der Waals surface area contributed by atoms with Gasteiger partial charge in [0.25, 0.3) is 0 Å². The Kier molecular flexibility index (Phi) is 5.86. The van der Waals surface area contributed by atoms with E-state index in [0.717, 1.165) is 5.20 Å². The quantitative estimate of drug-likeness (QED) is 0.523. The first-order valence-corrected chi connectivity index (χ1v) is 10.6. The molecule has 1 unspecified atom stereocenters. The molecule has 0 amide bonds. The van der Waals surface area contributed by atoms with Crippen LogP contribution in [0.25, 0.3) is 0 Å². The lowest BCUT2D eigenvalue weighted by atomic mass is 9.99. The van der Waals surface area contributed by atoms with Gasteiger partial charge in [0.05, 0.1) is 8.07 Å². The van der Waals surface area contributed by atoms with Crippen LogP contribution in [0.1, 0.15) is 55.4 Å². The Bertz CT molecular complexity index is 437. The first kappa shape index (κ1) is 19.6. The van der Waals surface area contributed by atoms with Gasteiger partial charge in [-0.05, 0) is 28.7 Å².